The molecule has 0 aliphatic heterocycles. The first-order chi connectivity index (χ1) is 5.77. The van der Waals surface area contributed by atoms with Crippen LogP contribution in [-0.2, 0) is 0 Å². The molecule has 1 N–H and O–H groups in total. The summed E-state index contributed by atoms with van der Waals surface area (Å²) < 4.78 is 0. The molecule has 0 aliphatic rings. The first-order valence-corrected chi connectivity index (χ1v) is 5.10. The first kappa shape index (κ1) is 11.7. The molecule has 0 aliphatic carbocycles. The molecule has 0 bridgehead atoms. The highest BCUT2D eigenvalue weighted by Gasteiger charge is 1.90. The van der Waals surface area contributed by atoms with Crippen molar-refractivity contribution in [3.8, 4) is 0 Å². The van der Waals surface area contributed by atoms with Gasteiger partial charge in [0.05, 0.1) is 6.10 Å². The molecule has 0 amide bonds. The van der Waals surface area contributed by atoms with Gasteiger partial charge in [0.15, 0.2) is 0 Å². The lowest BCUT2D eigenvalue weighted by Gasteiger charge is -1.98. The van der Waals surface area contributed by atoms with E-state index in [0.29, 0.717) is 0 Å². The van der Waals surface area contributed by atoms with Crippen LogP contribution in [0.25, 0.3) is 0 Å². The Morgan fingerprint density at radius 1 is 1.17 bits per heavy atom. The van der Waals surface area contributed by atoms with Crippen molar-refractivity contribution < 1.29 is 5.11 Å². The summed E-state index contributed by atoms with van der Waals surface area (Å²) in [6.07, 6.45) is 11.3. The molecule has 0 saturated heterocycles. The molecule has 0 spiro atoms. The third-order valence-electron chi connectivity index (χ3n) is 1.89. The average molecular weight is 170 g/mol. The summed E-state index contributed by atoms with van der Waals surface area (Å²) in [6, 6.07) is 0. The molecule has 0 fully saturated rings. The van der Waals surface area contributed by atoms with Crippen molar-refractivity contribution in [1.82, 2.24) is 0 Å². The van der Waals surface area contributed by atoms with Gasteiger partial charge in [0.25, 0.3) is 0 Å². The third kappa shape index (κ3) is 9.70. The molecule has 0 aromatic rings. The summed E-state index contributed by atoms with van der Waals surface area (Å²) in [4.78, 5) is 0. The van der Waals surface area contributed by atoms with Gasteiger partial charge in [0.1, 0.15) is 0 Å². The normalized spacial score (nSPS) is 13.9. The van der Waals surface area contributed by atoms with E-state index in [0.717, 1.165) is 12.8 Å². The highest BCUT2D eigenvalue weighted by molar-refractivity contribution is 4.81. The van der Waals surface area contributed by atoms with Crippen LogP contribution in [0.2, 0.25) is 0 Å². The highest BCUT2D eigenvalue weighted by Crippen LogP contribution is 2.02. The molecule has 0 saturated carbocycles. The average Bonchev–Trinajstić information content (AvgIpc) is 2.02. The minimum absolute atomic E-state index is 0.148. The molecule has 0 radical (unpaired) electrons. The second kappa shape index (κ2) is 8.79. The van der Waals surface area contributed by atoms with Gasteiger partial charge < -0.3 is 5.11 Å². The van der Waals surface area contributed by atoms with Gasteiger partial charge in [-0.15, -0.1) is 0 Å². The largest absolute Gasteiger partial charge is 0.393 e. The Labute approximate surface area is 76.5 Å². The lowest BCUT2D eigenvalue weighted by Crippen LogP contribution is -1.96. The van der Waals surface area contributed by atoms with Gasteiger partial charge in [-0.3, -0.25) is 0 Å². The van der Waals surface area contributed by atoms with Gasteiger partial charge in [0.2, 0.25) is 0 Å². The van der Waals surface area contributed by atoms with E-state index in [4.69, 9.17) is 5.11 Å². The minimum Gasteiger partial charge on any atom is -0.393 e. The van der Waals surface area contributed by atoms with Crippen molar-refractivity contribution in [3.05, 3.63) is 12.2 Å². The van der Waals surface area contributed by atoms with Crippen LogP contribution in [0.5, 0.6) is 0 Å². The number of unbranched alkanes of at least 4 members (excludes halogenated alkanes) is 3. The van der Waals surface area contributed by atoms with E-state index in [1.165, 1.54) is 25.7 Å². The van der Waals surface area contributed by atoms with E-state index in [1.807, 2.05) is 6.92 Å². The molecular formula is C11H22O. The molecule has 72 valence electrons. The van der Waals surface area contributed by atoms with E-state index in [1.54, 1.807) is 0 Å². The van der Waals surface area contributed by atoms with Crippen LogP contribution in [0.1, 0.15) is 52.4 Å². The fraction of sp³-hybridized carbons (Fsp3) is 0.818. The van der Waals surface area contributed by atoms with Gasteiger partial charge in [-0.2, -0.15) is 0 Å². The zero-order chi connectivity index (χ0) is 9.23. The van der Waals surface area contributed by atoms with Crippen molar-refractivity contribution in [2.75, 3.05) is 0 Å². The Bertz CT molecular complexity index is 106. The Balaban J connectivity index is 3.04. The number of aliphatic hydroxyl groups is 1. The fourth-order valence-corrected chi connectivity index (χ4v) is 1.09. The molecule has 0 aromatic heterocycles. The quantitative estimate of drug-likeness (QED) is 0.459. The second-order valence-electron chi connectivity index (χ2n) is 3.39. The Kier molecular flexibility index (Phi) is 8.57. The van der Waals surface area contributed by atoms with Gasteiger partial charge in [0, 0.05) is 0 Å². The van der Waals surface area contributed by atoms with Crippen molar-refractivity contribution in [1.29, 1.82) is 0 Å². The summed E-state index contributed by atoms with van der Waals surface area (Å²) in [5.41, 5.74) is 0. The zero-order valence-corrected chi connectivity index (χ0v) is 8.42. The van der Waals surface area contributed by atoms with Gasteiger partial charge in [-0.25, -0.2) is 0 Å². The van der Waals surface area contributed by atoms with Crippen molar-refractivity contribution >= 4 is 0 Å². The number of allylic oxidation sites excluding steroid dienone is 2. The number of aliphatic hydroxyl groups excluding tert-OH is 1. The Morgan fingerprint density at radius 3 is 2.42 bits per heavy atom. The van der Waals surface area contributed by atoms with Crippen LogP contribution in [0.4, 0.5) is 0 Å². The van der Waals surface area contributed by atoms with Gasteiger partial charge >= 0.3 is 0 Å². The van der Waals surface area contributed by atoms with E-state index >= 15 is 0 Å². The monoisotopic (exact) mass is 170 g/mol. The van der Waals surface area contributed by atoms with E-state index in [2.05, 4.69) is 19.1 Å². The predicted octanol–water partition coefficient (Wildman–Crippen LogP) is 3.28. The number of hydrogen-bond donors (Lipinski definition) is 1. The summed E-state index contributed by atoms with van der Waals surface area (Å²) >= 11 is 0. The van der Waals surface area contributed by atoms with Crippen LogP contribution in [0.15, 0.2) is 12.2 Å². The zero-order valence-electron chi connectivity index (χ0n) is 8.42. The van der Waals surface area contributed by atoms with Crippen LogP contribution in [0.3, 0.4) is 0 Å². The fourth-order valence-electron chi connectivity index (χ4n) is 1.09. The summed E-state index contributed by atoms with van der Waals surface area (Å²) in [7, 11) is 0. The lowest BCUT2D eigenvalue weighted by atomic mass is 10.1. The number of rotatable bonds is 7. The summed E-state index contributed by atoms with van der Waals surface area (Å²) in [6.45, 7) is 4.06. The van der Waals surface area contributed by atoms with Crippen LogP contribution < -0.4 is 0 Å². The number of hydrogen-bond acceptors (Lipinski definition) is 1. The van der Waals surface area contributed by atoms with Crippen LogP contribution >= 0.6 is 0 Å². The first-order valence-electron chi connectivity index (χ1n) is 5.10. The second-order valence-corrected chi connectivity index (χ2v) is 3.39. The van der Waals surface area contributed by atoms with Crippen LogP contribution in [0, 0.1) is 0 Å². The molecule has 1 heteroatoms. The minimum atomic E-state index is -0.148. The molecular weight excluding hydrogens is 148 g/mol. The topological polar surface area (TPSA) is 20.2 Å². The van der Waals surface area contributed by atoms with E-state index in [-0.39, 0.29) is 6.10 Å². The Morgan fingerprint density at radius 2 is 1.83 bits per heavy atom. The van der Waals surface area contributed by atoms with Gasteiger partial charge in [-0.1, -0.05) is 31.9 Å². The molecule has 0 heterocycles. The highest BCUT2D eigenvalue weighted by atomic mass is 16.3. The van der Waals surface area contributed by atoms with E-state index < -0.39 is 0 Å². The molecule has 1 unspecified atom stereocenters. The van der Waals surface area contributed by atoms with Crippen molar-refractivity contribution in [2.24, 2.45) is 0 Å². The molecule has 0 rings (SSSR count). The maximum absolute atomic E-state index is 8.96. The molecule has 1 nitrogen and oxygen atoms in total. The predicted molar refractivity (Wildman–Crippen MR) is 54.2 cm³/mol. The maximum Gasteiger partial charge on any atom is 0.0515 e. The van der Waals surface area contributed by atoms with Crippen LogP contribution in [-0.4, -0.2) is 11.2 Å². The summed E-state index contributed by atoms with van der Waals surface area (Å²) in [5.74, 6) is 0. The smallest absolute Gasteiger partial charge is 0.0515 e. The van der Waals surface area contributed by atoms with E-state index in [9.17, 15) is 0 Å². The molecule has 12 heavy (non-hydrogen) atoms. The summed E-state index contributed by atoms with van der Waals surface area (Å²) in [5, 5.41) is 8.96. The third-order valence-corrected chi connectivity index (χ3v) is 1.89. The lowest BCUT2D eigenvalue weighted by molar-refractivity contribution is 0.186. The standard InChI is InChI=1S/C11H22O/c1-3-4-5-6-7-8-9-10-11(2)12/h7-8,11-12H,3-6,9-10H2,1-2H3/b8-7-. The maximum atomic E-state index is 8.96. The molecule has 1 atom stereocenters. The Hall–Kier alpha value is -0.300. The van der Waals surface area contributed by atoms with Crippen molar-refractivity contribution in [3.63, 3.8) is 0 Å². The molecule has 0 aromatic carbocycles. The van der Waals surface area contributed by atoms with Gasteiger partial charge in [-0.05, 0) is 32.6 Å². The SMILES string of the molecule is CCCCC/C=C\CCC(C)O. The van der Waals surface area contributed by atoms with Crippen molar-refractivity contribution in [2.45, 2.75) is 58.5 Å².